The molecule has 0 spiro atoms. The summed E-state index contributed by atoms with van der Waals surface area (Å²) >= 11 is 5.13. The van der Waals surface area contributed by atoms with E-state index < -0.39 is 4.92 Å². The van der Waals surface area contributed by atoms with Crippen LogP contribution in [0.3, 0.4) is 0 Å². The Morgan fingerprint density at radius 1 is 1.37 bits per heavy atom. The highest BCUT2D eigenvalue weighted by Crippen LogP contribution is 2.24. The second kappa shape index (κ2) is 6.05. The Morgan fingerprint density at radius 3 is 2.42 bits per heavy atom. The first-order chi connectivity index (χ1) is 9.09. The highest BCUT2D eigenvalue weighted by molar-refractivity contribution is 7.80. The number of morpholine rings is 1. The van der Waals surface area contributed by atoms with Gasteiger partial charge in [-0.3, -0.25) is 15.0 Å². The van der Waals surface area contributed by atoms with Gasteiger partial charge in [0.05, 0.1) is 29.2 Å². The standard InChI is InChI=1S/C12H15N3O3S/c13-12(19)11(14-5-7-18-8-6-14)9-1-3-10(4-2-9)15(16)17/h1-4,11H,5-8H2,(H2,13,19). The van der Waals surface area contributed by atoms with Crippen molar-refractivity contribution in [3.63, 3.8) is 0 Å². The molecule has 1 unspecified atom stereocenters. The SMILES string of the molecule is NC(=S)C(c1ccc([N+](=O)[O-])cc1)N1CCOCC1. The molecule has 0 aromatic heterocycles. The van der Waals surface area contributed by atoms with Gasteiger partial charge in [0.15, 0.2) is 0 Å². The lowest BCUT2D eigenvalue weighted by Gasteiger charge is -2.34. The zero-order valence-corrected chi connectivity index (χ0v) is 11.1. The number of ether oxygens (including phenoxy) is 1. The van der Waals surface area contributed by atoms with E-state index in [1.807, 2.05) is 0 Å². The number of nitrogens with two attached hydrogens (primary N) is 1. The highest BCUT2D eigenvalue weighted by atomic mass is 32.1. The Hall–Kier alpha value is -1.57. The maximum Gasteiger partial charge on any atom is 0.269 e. The third kappa shape index (κ3) is 3.25. The van der Waals surface area contributed by atoms with Crippen molar-refractivity contribution in [2.24, 2.45) is 5.73 Å². The number of hydrogen-bond donors (Lipinski definition) is 1. The molecule has 1 aliphatic rings. The first-order valence-electron chi connectivity index (χ1n) is 5.95. The van der Waals surface area contributed by atoms with E-state index in [1.54, 1.807) is 12.1 Å². The molecular formula is C12H15N3O3S. The molecule has 19 heavy (non-hydrogen) atoms. The van der Waals surface area contributed by atoms with Crippen LogP contribution in [0, 0.1) is 10.1 Å². The predicted octanol–water partition coefficient (Wildman–Crippen LogP) is 1.25. The van der Waals surface area contributed by atoms with Crippen LogP contribution in [0.5, 0.6) is 0 Å². The van der Waals surface area contributed by atoms with Gasteiger partial charge in [0.1, 0.15) is 0 Å². The van der Waals surface area contributed by atoms with Crippen molar-refractivity contribution in [1.82, 2.24) is 4.90 Å². The van der Waals surface area contributed by atoms with Crippen LogP contribution in [-0.4, -0.2) is 41.1 Å². The Kier molecular flexibility index (Phi) is 4.41. The molecule has 0 radical (unpaired) electrons. The summed E-state index contributed by atoms with van der Waals surface area (Å²) in [5.74, 6) is 0. The zero-order valence-electron chi connectivity index (χ0n) is 10.3. The summed E-state index contributed by atoms with van der Waals surface area (Å²) in [6, 6.07) is 6.16. The molecule has 0 amide bonds. The summed E-state index contributed by atoms with van der Waals surface area (Å²) in [5, 5.41) is 10.6. The molecule has 1 atom stereocenters. The van der Waals surface area contributed by atoms with Gasteiger partial charge in [-0.1, -0.05) is 24.4 Å². The summed E-state index contributed by atoms with van der Waals surface area (Å²) in [6.07, 6.45) is 0. The smallest absolute Gasteiger partial charge is 0.269 e. The van der Waals surface area contributed by atoms with Gasteiger partial charge in [-0.15, -0.1) is 0 Å². The van der Waals surface area contributed by atoms with Crippen LogP contribution in [-0.2, 0) is 4.74 Å². The van der Waals surface area contributed by atoms with Crippen LogP contribution in [0.1, 0.15) is 11.6 Å². The van der Waals surface area contributed by atoms with Gasteiger partial charge in [0.2, 0.25) is 0 Å². The number of benzene rings is 1. The third-order valence-corrected chi connectivity index (χ3v) is 3.32. The molecule has 1 fully saturated rings. The van der Waals surface area contributed by atoms with E-state index >= 15 is 0 Å². The molecule has 1 saturated heterocycles. The molecule has 6 nitrogen and oxygen atoms in total. The van der Waals surface area contributed by atoms with Crippen LogP contribution < -0.4 is 5.73 Å². The van der Waals surface area contributed by atoms with Gasteiger partial charge in [-0.2, -0.15) is 0 Å². The van der Waals surface area contributed by atoms with Crippen LogP contribution in [0.25, 0.3) is 0 Å². The maximum absolute atomic E-state index is 10.6. The summed E-state index contributed by atoms with van der Waals surface area (Å²) in [6.45, 7) is 2.79. The monoisotopic (exact) mass is 281 g/mol. The quantitative estimate of drug-likeness (QED) is 0.508. The molecule has 0 saturated carbocycles. The second-order valence-electron chi connectivity index (χ2n) is 4.30. The number of nitro groups is 1. The minimum Gasteiger partial charge on any atom is -0.392 e. The summed E-state index contributed by atoms with van der Waals surface area (Å²) in [4.78, 5) is 12.7. The molecular weight excluding hydrogens is 266 g/mol. The average Bonchev–Trinajstić information content (AvgIpc) is 2.40. The van der Waals surface area contributed by atoms with E-state index in [2.05, 4.69) is 4.90 Å². The van der Waals surface area contributed by atoms with Gasteiger partial charge in [0.25, 0.3) is 5.69 Å². The van der Waals surface area contributed by atoms with Crippen molar-refractivity contribution >= 4 is 22.9 Å². The van der Waals surface area contributed by atoms with Crippen LogP contribution >= 0.6 is 12.2 Å². The minimum atomic E-state index is -0.422. The number of thiocarbonyl (C=S) groups is 1. The largest absolute Gasteiger partial charge is 0.392 e. The molecule has 1 aromatic carbocycles. The van der Waals surface area contributed by atoms with Gasteiger partial charge in [-0.05, 0) is 5.56 Å². The van der Waals surface area contributed by atoms with Gasteiger partial charge >= 0.3 is 0 Å². The molecule has 2 rings (SSSR count). The summed E-state index contributed by atoms with van der Waals surface area (Å²) in [5.41, 5.74) is 6.75. The summed E-state index contributed by atoms with van der Waals surface area (Å²) in [7, 11) is 0. The van der Waals surface area contributed by atoms with E-state index in [0.717, 1.165) is 18.7 Å². The summed E-state index contributed by atoms with van der Waals surface area (Å²) < 4.78 is 5.30. The number of hydrogen-bond acceptors (Lipinski definition) is 5. The third-order valence-electron chi connectivity index (χ3n) is 3.10. The van der Waals surface area contributed by atoms with E-state index in [-0.39, 0.29) is 11.7 Å². The first kappa shape index (κ1) is 13.9. The molecule has 1 aromatic rings. The van der Waals surface area contributed by atoms with Crippen molar-refractivity contribution in [3.8, 4) is 0 Å². The second-order valence-corrected chi connectivity index (χ2v) is 4.77. The zero-order chi connectivity index (χ0) is 13.8. The molecule has 0 aliphatic carbocycles. The van der Waals surface area contributed by atoms with E-state index in [1.165, 1.54) is 12.1 Å². The van der Waals surface area contributed by atoms with Crippen LogP contribution in [0.2, 0.25) is 0 Å². The molecule has 1 aliphatic heterocycles. The van der Waals surface area contributed by atoms with Gasteiger partial charge in [-0.25, -0.2) is 0 Å². The minimum absolute atomic E-state index is 0.0624. The van der Waals surface area contributed by atoms with Gasteiger partial charge in [0, 0.05) is 25.2 Å². The van der Waals surface area contributed by atoms with E-state index in [0.29, 0.717) is 18.2 Å². The topological polar surface area (TPSA) is 81.6 Å². The Bertz CT molecular complexity index is 472. The molecule has 2 N–H and O–H groups in total. The van der Waals surface area contributed by atoms with E-state index in [9.17, 15) is 10.1 Å². The predicted molar refractivity (Wildman–Crippen MR) is 75.0 cm³/mol. The normalized spacial score (nSPS) is 17.9. The maximum atomic E-state index is 10.6. The number of rotatable bonds is 4. The highest BCUT2D eigenvalue weighted by Gasteiger charge is 2.25. The van der Waals surface area contributed by atoms with Crippen molar-refractivity contribution in [1.29, 1.82) is 0 Å². The number of nitro benzene ring substituents is 1. The number of nitrogens with zero attached hydrogens (tertiary/aromatic N) is 2. The van der Waals surface area contributed by atoms with E-state index in [4.69, 9.17) is 22.7 Å². The fourth-order valence-electron chi connectivity index (χ4n) is 2.17. The lowest BCUT2D eigenvalue weighted by atomic mass is 10.0. The lowest BCUT2D eigenvalue weighted by molar-refractivity contribution is -0.384. The lowest BCUT2D eigenvalue weighted by Crippen LogP contribution is -2.43. The van der Waals surface area contributed by atoms with Crippen molar-refractivity contribution in [3.05, 3.63) is 39.9 Å². The Morgan fingerprint density at radius 2 is 1.95 bits per heavy atom. The fraction of sp³-hybridized carbons (Fsp3) is 0.417. The average molecular weight is 281 g/mol. The van der Waals surface area contributed by atoms with Gasteiger partial charge < -0.3 is 10.5 Å². The fourth-order valence-corrected chi connectivity index (χ4v) is 2.45. The van der Waals surface area contributed by atoms with Crippen molar-refractivity contribution in [2.45, 2.75) is 6.04 Å². The first-order valence-corrected chi connectivity index (χ1v) is 6.36. The van der Waals surface area contributed by atoms with Crippen LogP contribution in [0.4, 0.5) is 5.69 Å². The molecule has 7 heteroatoms. The Labute approximate surface area is 116 Å². The number of non-ortho nitro benzene ring substituents is 1. The molecule has 102 valence electrons. The van der Waals surface area contributed by atoms with Crippen molar-refractivity contribution in [2.75, 3.05) is 26.3 Å². The molecule has 0 bridgehead atoms. The van der Waals surface area contributed by atoms with Crippen LogP contribution in [0.15, 0.2) is 24.3 Å². The Balaban J connectivity index is 2.23. The molecule has 1 heterocycles. The van der Waals surface area contributed by atoms with Crippen molar-refractivity contribution < 1.29 is 9.66 Å².